The van der Waals surface area contributed by atoms with Gasteiger partial charge in [0.2, 0.25) is 10.0 Å². The number of sulfonamides is 1. The number of likely N-dealkylation sites (N-methyl/N-ethyl adjacent to an activating group) is 1. The highest BCUT2D eigenvalue weighted by Crippen LogP contribution is 2.22. The lowest BCUT2D eigenvalue weighted by Gasteiger charge is -2.23. The molecule has 0 aliphatic rings. The summed E-state index contributed by atoms with van der Waals surface area (Å²) in [6.45, 7) is 2.31. The normalized spacial score (nSPS) is 12.9. The van der Waals surface area contributed by atoms with Crippen molar-refractivity contribution < 1.29 is 18.3 Å². The summed E-state index contributed by atoms with van der Waals surface area (Å²) < 4.78 is 28.8. The first-order valence-electron chi connectivity index (χ1n) is 8.32. The molecule has 2 N–H and O–H groups in total. The molecule has 0 heterocycles. The van der Waals surface area contributed by atoms with Gasteiger partial charge in [-0.3, -0.25) is 0 Å². The third-order valence-electron chi connectivity index (χ3n) is 4.03. The minimum Gasteiger partial charge on any atom is -0.478 e. The highest BCUT2D eigenvalue weighted by molar-refractivity contribution is 7.89. The number of carbonyl (C=O) groups is 1. The molecule has 7 heteroatoms. The Kier molecular flexibility index (Phi) is 6.52. The van der Waals surface area contributed by atoms with E-state index in [-0.39, 0.29) is 10.5 Å². The lowest BCUT2D eigenvalue weighted by molar-refractivity contribution is 0.0696. The third-order valence-corrected chi connectivity index (χ3v) is 5.59. The van der Waals surface area contributed by atoms with Gasteiger partial charge < -0.3 is 10.0 Å². The predicted molar refractivity (Wildman–Crippen MR) is 101 cm³/mol. The smallest absolute Gasteiger partial charge is 0.335 e. The Hall–Kier alpha value is -2.22. The first-order chi connectivity index (χ1) is 12.2. The van der Waals surface area contributed by atoms with Gasteiger partial charge >= 0.3 is 5.97 Å². The van der Waals surface area contributed by atoms with Crippen LogP contribution in [0.4, 0.5) is 0 Å². The maximum Gasteiger partial charge on any atom is 0.335 e. The molecule has 2 aromatic rings. The SMILES string of the molecule is CCc1ccc(C(=O)O)cc1S(=O)(=O)NC(CN(C)C)c1ccccc1. The summed E-state index contributed by atoms with van der Waals surface area (Å²) in [4.78, 5) is 13.2. The molecule has 0 saturated carbocycles. The van der Waals surface area contributed by atoms with Crippen molar-refractivity contribution in [2.24, 2.45) is 0 Å². The van der Waals surface area contributed by atoms with Crippen molar-refractivity contribution in [2.45, 2.75) is 24.3 Å². The van der Waals surface area contributed by atoms with Crippen LogP contribution in [0.25, 0.3) is 0 Å². The lowest BCUT2D eigenvalue weighted by Crippen LogP contribution is -2.35. The third kappa shape index (κ3) is 4.91. The minimum atomic E-state index is -3.89. The molecule has 0 fully saturated rings. The average molecular weight is 376 g/mol. The van der Waals surface area contributed by atoms with E-state index in [1.54, 1.807) is 6.07 Å². The topological polar surface area (TPSA) is 86.7 Å². The van der Waals surface area contributed by atoms with Gasteiger partial charge in [-0.15, -0.1) is 0 Å². The van der Waals surface area contributed by atoms with Gasteiger partial charge in [-0.2, -0.15) is 0 Å². The molecule has 140 valence electrons. The van der Waals surface area contributed by atoms with E-state index in [9.17, 15) is 18.3 Å². The van der Waals surface area contributed by atoms with E-state index in [0.717, 1.165) is 5.56 Å². The van der Waals surface area contributed by atoms with Gasteiger partial charge in [0.05, 0.1) is 16.5 Å². The van der Waals surface area contributed by atoms with Crippen LogP contribution < -0.4 is 4.72 Å². The second-order valence-corrected chi connectivity index (χ2v) is 8.01. The van der Waals surface area contributed by atoms with Crippen LogP contribution in [0.5, 0.6) is 0 Å². The Morgan fingerprint density at radius 2 is 1.81 bits per heavy atom. The fraction of sp³-hybridized carbons (Fsp3) is 0.316. The average Bonchev–Trinajstić information content (AvgIpc) is 2.60. The molecule has 6 nitrogen and oxygen atoms in total. The molecule has 0 radical (unpaired) electrons. The van der Waals surface area contributed by atoms with Crippen LogP contribution in [0.2, 0.25) is 0 Å². The van der Waals surface area contributed by atoms with Crippen molar-refractivity contribution in [3.8, 4) is 0 Å². The highest BCUT2D eigenvalue weighted by atomic mass is 32.2. The fourth-order valence-electron chi connectivity index (χ4n) is 2.74. The predicted octanol–water partition coefficient (Wildman–Crippen LogP) is 2.53. The van der Waals surface area contributed by atoms with Crippen molar-refractivity contribution >= 4 is 16.0 Å². The molecule has 0 aromatic heterocycles. The second-order valence-electron chi connectivity index (χ2n) is 6.33. The summed E-state index contributed by atoms with van der Waals surface area (Å²) in [5, 5.41) is 9.20. The Balaban J connectivity index is 2.45. The molecule has 1 atom stereocenters. The largest absolute Gasteiger partial charge is 0.478 e. The number of aryl methyl sites for hydroxylation is 1. The molecule has 26 heavy (non-hydrogen) atoms. The maximum atomic E-state index is 13.0. The van der Waals surface area contributed by atoms with E-state index in [4.69, 9.17) is 0 Å². The Labute approximate surface area is 154 Å². The zero-order valence-corrected chi connectivity index (χ0v) is 16.0. The summed E-state index contributed by atoms with van der Waals surface area (Å²) in [5.41, 5.74) is 1.38. The summed E-state index contributed by atoms with van der Waals surface area (Å²) in [6.07, 6.45) is 0.486. The van der Waals surface area contributed by atoms with Gasteiger partial charge in [-0.1, -0.05) is 43.3 Å². The molecular weight excluding hydrogens is 352 g/mol. The number of hydrogen-bond donors (Lipinski definition) is 2. The monoisotopic (exact) mass is 376 g/mol. The zero-order chi connectivity index (χ0) is 19.3. The summed E-state index contributed by atoms with van der Waals surface area (Å²) in [7, 11) is -0.156. The van der Waals surface area contributed by atoms with E-state index in [0.29, 0.717) is 18.5 Å². The molecule has 0 aliphatic carbocycles. The molecule has 0 bridgehead atoms. The highest BCUT2D eigenvalue weighted by Gasteiger charge is 2.25. The van der Waals surface area contributed by atoms with Gasteiger partial charge in [0.15, 0.2) is 0 Å². The molecule has 1 unspecified atom stereocenters. The lowest BCUT2D eigenvalue weighted by atomic mass is 10.1. The number of hydrogen-bond acceptors (Lipinski definition) is 4. The molecule has 0 spiro atoms. The van der Waals surface area contributed by atoms with E-state index in [2.05, 4.69) is 4.72 Å². The first kappa shape index (κ1) is 20.1. The van der Waals surface area contributed by atoms with Crippen molar-refractivity contribution in [1.82, 2.24) is 9.62 Å². The Bertz CT molecular complexity index is 864. The molecule has 0 amide bonds. The first-order valence-corrected chi connectivity index (χ1v) is 9.81. The maximum absolute atomic E-state index is 13.0. The number of nitrogens with zero attached hydrogens (tertiary/aromatic N) is 1. The van der Waals surface area contributed by atoms with Gasteiger partial charge in [0.1, 0.15) is 0 Å². The second kappa shape index (κ2) is 8.44. The van der Waals surface area contributed by atoms with Gasteiger partial charge in [-0.25, -0.2) is 17.9 Å². The summed E-state index contributed by atoms with van der Waals surface area (Å²) in [6, 6.07) is 13.1. The summed E-state index contributed by atoms with van der Waals surface area (Å²) >= 11 is 0. The zero-order valence-electron chi connectivity index (χ0n) is 15.1. The molecule has 0 saturated heterocycles. The molecule has 0 aliphatic heterocycles. The van der Waals surface area contributed by atoms with Crippen molar-refractivity contribution in [3.63, 3.8) is 0 Å². The number of nitrogens with one attached hydrogen (secondary N) is 1. The summed E-state index contributed by atoms with van der Waals surface area (Å²) in [5.74, 6) is -1.16. The van der Waals surface area contributed by atoms with Crippen LogP contribution in [0.15, 0.2) is 53.4 Å². The van der Waals surface area contributed by atoms with Crippen LogP contribution in [0, 0.1) is 0 Å². The van der Waals surface area contributed by atoms with Crippen molar-refractivity contribution in [3.05, 3.63) is 65.2 Å². The standard InChI is InChI=1S/C19H24N2O4S/c1-4-14-10-11-16(19(22)23)12-18(14)26(24,25)20-17(13-21(2)3)15-8-6-5-7-9-15/h5-12,17,20H,4,13H2,1-3H3,(H,22,23). The van der Waals surface area contributed by atoms with Crippen LogP contribution in [0.3, 0.4) is 0 Å². The van der Waals surface area contributed by atoms with Crippen LogP contribution in [-0.4, -0.2) is 45.0 Å². The number of aromatic carboxylic acids is 1. The molecular formula is C19H24N2O4S. The van der Waals surface area contributed by atoms with Crippen LogP contribution in [-0.2, 0) is 16.4 Å². The number of carboxylic acids is 1. The van der Waals surface area contributed by atoms with Crippen molar-refractivity contribution in [2.75, 3.05) is 20.6 Å². The van der Waals surface area contributed by atoms with E-state index in [1.165, 1.54) is 12.1 Å². The minimum absolute atomic E-state index is 0.0135. The van der Waals surface area contributed by atoms with Gasteiger partial charge in [0, 0.05) is 6.54 Å². The van der Waals surface area contributed by atoms with Gasteiger partial charge in [-0.05, 0) is 43.8 Å². The van der Waals surface area contributed by atoms with Gasteiger partial charge in [0.25, 0.3) is 0 Å². The quantitative estimate of drug-likeness (QED) is 0.739. The Morgan fingerprint density at radius 1 is 1.15 bits per heavy atom. The number of benzene rings is 2. The fourth-order valence-corrected chi connectivity index (χ4v) is 4.29. The van der Waals surface area contributed by atoms with Crippen molar-refractivity contribution in [1.29, 1.82) is 0 Å². The number of rotatable bonds is 8. The number of carboxylic acid groups (broad SMARTS) is 1. The molecule has 2 aromatic carbocycles. The van der Waals surface area contributed by atoms with E-state index < -0.39 is 22.0 Å². The van der Waals surface area contributed by atoms with E-state index >= 15 is 0 Å². The van der Waals surface area contributed by atoms with Crippen LogP contribution >= 0.6 is 0 Å². The molecule has 2 rings (SSSR count). The Morgan fingerprint density at radius 3 is 2.35 bits per heavy atom. The van der Waals surface area contributed by atoms with Crippen LogP contribution in [0.1, 0.15) is 34.5 Å². The van der Waals surface area contributed by atoms with E-state index in [1.807, 2.05) is 56.3 Å².